The van der Waals surface area contributed by atoms with Crippen molar-refractivity contribution in [2.45, 2.75) is 58.0 Å². The van der Waals surface area contributed by atoms with Gasteiger partial charge in [0, 0.05) is 25.2 Å². The number of carbonyl (C=O) groups is 1. The van der Waals surface area contributed by atoms with E-state index in [1.54, 1.807) is 0 Å². The van der Waals surface area contributed by atoms with Gasteiger partial charge in [-0.1, -0.05) is 33.3 Å². The third kappa shape index (κ3) is 5.35. The molecule has 0 aromatic heterocycles. The number of carbonyl (C=O) groups excluding carboxylic acids is 1. The molecule has 3 nitrogen and oxygen atoms in total. The zero-order chi connectivity index (χ0) is 12.7. The third-order valence-corrected chi connectivity index (χ3v) is 3.28. The smallest absolute Gasteiger partial charge is 0.245 e. The second-order valence-corrected chi connectivity index (χ2v) is 5.19. The first kappa shape index (κ1) is 14.2. The Morgan fingerprint density at radius 3 is 2.71 bits per heavy atom. The van der Waals surface area contributed by atoms with Crippen LogP contribution in [0.15, 0.2) is 12.7 Å². The fraction of sp³-hybridized carbons (Fsp3) is 0.786. The normalized spacial score (nSPS) is 22.8. The average Bonchev–Trinajstić information content (AvgIpc) is 2.40. The maximum absolute atomic E-state index is 11.7. The lowest BCUT2D eigenvalue weighted by atomic mass is 10.1. The first-order chi connectivity index (χ1) is 8.13. The lowest BCUT2D eigenvalue weighted by Gasteiger charge is -2.24. The van der Waals surface area contributed by atoms with Crippen LogP contribution >= 0.6 is 0 Å². The first-order valence-corrected chi connectivity index (χ1v) is 6.81. The van der Waals surface area contributed by atoms with Gasteiger partial charge in [-0.25, -0.2) is 0 Å². The highest BCUT2D eigenvalue weighted by atomic mass is 16.2. The SMILES string of the molecule is C=CC(=O)N1CCCCC[C@H](NC(C)C)CC1. The summed E-state index contributed by atoms with van der Waals surface area (Å²) in [5.74, 6) is 0.0789. The van der Waals surface area contributed by atoms with Gasteiger partial charge in [0.15, 0.2) is 0 Å². The first-order valence-electron chi connectivity index (χ1n) is 6.81. The third-order valence-electron chi connectivity index (χ3n) is 3.28. The molecule has 0 saturated carbocycles. The number of nitrogens with zero attached hydrogens (tertiary/aromatic N) is 1. The minimum atomic E-state index is 0.0789. The summed E-state index contributed by atoms with van der Waals surface area (Å²) >= 11 is 0. The molecule has 98 valence electrons. The Labute approximate surface area is 105 Å². The summed E-state index contributed by atoms with van der Waals surface area (Å²) in [5.41, 5.74) is 0. The van der Waals surface area contributed by atoms with E-state index in [0.29, 0.717) is 12.1 Å². The van der Waals surface area contributed by atoms with Crippen LogP contribution in [-0.2, 0) is 4.79 Å². The molecule has 17 heavy (non-hydrogen) atoms. The van der Waals surface area contributed by atoms with Crippen LogP contribution in [0.4, 0.5) is 0 Å². The van der Waals surface area contributed by atoms with Crippen LogP contribution in [-0.4, -0.2) is 36.0 Å². The molecule has 0 aromatic rings. The Morgan fingerprint density at radius 1 is 1.29 bits per heavy atom. The van der Waals surface area contributed by atoms with E-state index >= 15 is 0 Å². The van der Waals surface area contributed by atoms with Crippen molar-refractivity contribution in [3.8, 4) is 0 Å². The van der Waals surface area contributed by atoms with Crippen LogP contribution in [0.2, 0.25) is 0 Å². The molecule has 1 aliphatic heterocycles. The van der Waals surface area contributed by atoms with Gasteiger partial charge in [0.25, 0.3) is 0 Å². The highest BCUT2D eigenvalue weighted by Crippen LogP contribution is 2.13. The number of amides is 1. The fourth-order valence-electron chi connectivity index (χ4n) is 2.43. The van der Waals surface area contributed by atoms with Crippen LogP contribution in [0.1, 0.15) is 46.0 Å². The molecule has 0 aliphatic carbocycles. The summed E-state index contributed by atoms with van der Waals surface area (Å²) in [6, 6.07) is 1.07. The highest BCUT2D eigenvalue weighted by molar-refractivity contribution is 5.86. The number of nitrogens with one attached hydrogen (secondary N) is 1. The van der Waals surface area contributed by atoms with Crippen LogP contribution in [0.25, 0.3) is 0 Å². The van der Waals surface area contributed by atoms with Gasteiger partial charge in [0.2, 0.25) is 5.91 Å². The van der Waals surface area contributed by atoms with Crippen molar-refractivity contribution in [3.63, 3.8) is 0 Å². The fourth-order valence-corrected chi connectivity index (χ4v) is 2.43. The molecule has 3 heteroatoms. The molecule has 0 radical (unpaired) electrons. The number of hydrogen-bond acceptors (Lipinski definition) is 2. The molecule has 1 saturated heterocycles. The summed E-state index contributed by atoms with van der Waals surface area (Å²) in [5, 5.41) is 3.59. The molecule has 1 atom stereocenters. The molecule has 1 N–H and O–H groups in total. The molecule has 0 aromatic carbocycles. The predicted molar refractivity (Wildman–Crippen MR) is 71.9 cm³/mol. The Balaban J connectivity index is 2.51. The molecule has 1 aliphatic rings. The van der Waals surface area contributed by atoms with Gasteiger partial charge in [0.1, 0.15) is 0 Å². The molecule has 0 bridgehead atoms. The van der Waals surface area contributed by atoms with E-state index in [1.165, 1.54) is 25.3 Å². The molecule has 1 heterocycles. The van der Waals surface area contributed by atoms with Crippen molar-refractivity contribution in [1.82, 2.24) is 10.2 Å². The largest absolute Gasteiger partial charge is 0.339 e. The minimum Gasteiger partial charge on any atom is -0.339 e. The van der Waals surface area contributed by atoms with Crippen LogP contribution in [0, 0.1) is 0 Å². The van der Waals surface area contributed by atoms with Crippen LogP contribution in [0.3, 0.4) is 0 Å². The Morgan fingerprint density at radius 2 is 2.06 bits per heavy atom. The lowest BCUT2D eigenvalue weighted by Crippen LogP contribution is -2.39. The second kappa shape index (κ2) is 7.49. The maximum atomic E-state index is 11.7. The van der Waals surface area contributed by atoms with Crippen molar-refractivity contribution in [2.24, 2.45) is 0 Å². The Hall–Kier alpha value is -0.830. The summed E-state index contributed by atoms with van der Waals surface area (Å²) < 4.78 is 0. The zero-order valence-corrected chi connectivity index (χ0v) is 11.2. The zero-order valence-electron chi connectivity index (χ0n) is 11.2. The maximum Gasteiger partial charge on any atom is 0.245 e. The number of hydrogen-bond donors (Lipinski definition) is 1. The van der Waals surface area contributed by atoms with Crippen molar-refractivity contribution in [2.75, 3.05) is 13.1 Å². The molecular formula is C14H26N2O. The Kier molecular flexibility index (Phi) is 6.27. The van der Waals surface area contributed by atoms with Crippen molar-refractivity contribution >= 4 is 5.91 Å². The van der Waals surface area contributed by atoms with E-state index in [-0.39, 0.29) is 5.91 Å². The second-order valence-electron chi connectivity index (χ2n) is 5.19. The molecule has 1 fully saturated rings. The quantitative estimate of drug-likeness (QED) is 0.765. The summed E-state index contributed by atoms with van der Waals surface area (Å²) in [7, 11) is 0. The summed E-state index contributed by atoms with van der Waals surface area (Å²) in [4.78, 5) is 13.6. The predicted octanol–water partition coefficient (Wildman–Crippen LogP) is 2.33. The standard InChI is InChI=1S/C14H26N2O/c1-4-14(17)16-10-7-5-6-8-13(9-11-16)15-12(2)3/h4,12-13,15H,1,5-11H2,2-3H3/t13-/m0/s1. The van der Waals surface area contributed by atoms with Crippen LogP contribution < -0.4 is 5.32 Å². The molecular weight excluding hydrogens is 212 g/mol. The average molecular weight is 238 g/mol. The number of rotatable bonds is 3. The molecule has 0 spiro atoms. The van der Waals surface area contributed by atoms with E-state index in [9.17, 15) is 4.79 Å². The van der Waals surface area contributed by atoms with Gasteiger partial charge in [-0.3, -0.25) is 4.79 Å². The lowest BCUT2D eigenvalue weighted by molar-refractivity contribution is -0.126. The van der Waals surface area contributed by atoms with Gasteiger partial charge in [-0.15, -0.1) is 0 Å². The van der Waals surface area contributed by atoms with Crippen molar-refractivity contribution in [1.29, 1.82) is 0 Å². The van der Waals surface area contributed by atoms with Crippen molar-refractivity contribution in [3.05, 3.63) is 12.7 Å². The van der Waals surface area contributed by atoms with E-state index in [2.05, 4.69) is 25.7 Å². The van der Waals surface area contributed by atoms with E-state index in [0.717, 1.165) is 25.9 Å². The van der Waals surface area contributed by atoms with Gasteiger partial charge in [-0.2, -0.15) is 0 Å². The van der Waals surface area contributed by atoms with E-state index < -0.39 is 0 Å². The summed E-state index contributed by atoms with van der Waals surface area (Å²) in [6.07, 6.45) is 7.32. The molecule has 0 unspecified atom stereocenters. The molecule has 1 rings (SSSR count). The van der Waals surface area contributed by atoms with E-state index in [1.807, 2.05) is 4.90 Å². The van der Waals surface area contributed by atoms with Gasteiger partial charge in [0.05, 0.1) is 0 Å². The van der Waals surface area contributed by atoms with Crippen molar-refractivity contribution < 1.29 is 4.79 Å². The van der Waals surface area contributed by atoms with Gasteiger partial charge >= 0.3 is 0 Å². The Bertz CT molecular complexity index is 251. The van der Waals surface area contributed by atoms with Gasteiger partial charge in [-0.05, 0) is 25.3 Å². The van der Waals surface area contributed by atoms with E-state index in [4.69, 9.17) is 0 Å². The highest BCUT2D eigenvalue weighted by Gasteiger charge is 2.16. The van der Waals surface area contributed by atoms with Crippen LogP contribution in [0.5, 0.6) is 0 Å². The minimum absolute atomic E-state index is 0.0789. The van der Waals surface area contributed by atoms with Gasteiger partial charge < -0.3 is 10.2 Å². The summed E-state index contributed by atoms with van der Waals surface area (Å²) in [6.45, 7) is 9.68. The topological polar surface area (TPSA) is 32.3 Å². The monoisotopic (exact) mass is 238 g/mol. The molecule has 1 amide bonds.